The van der Waals surface area contributed by atoms with Crippen LogP contribution >= 0.6 is 0 Å². The summed E-state index contributed by atoms with van der Waals surface area (Å²) in [6.07, 6.45) is 0. The first-order valence-corrected chi connectivity index (χ1v) is 4.20. The lowest BCUT2D eigenvalue weighted by atomic mass is 10.2. The maximum Gasteiger partial charge on any atom is 0.198 e. The van der Waals surface area contributed by atoms with E-state index in [9.17, 15) is 4.39 Å². The molecule has 1 aromatic rings. The molecule has 0 saturated carbocycles. The third-order valence-electron chi connectivity index (χ3n) is 1.51. The lowest BCUT2D eigenvalue weighted by molar-refractivity contribution is 0.158. The molecule has 0 heterocycles. The van der Waals surface area contributed by atoms with E-state index in [0.29, 0.717) is 12.2 Å². The van der Waals surface area contributed by atoms with Gasteiger partial charge in [-0.25, -0.2) is 9.38 Å². The second kappa shape index (κ2) is 5.11. The molecule has 3 nitrogen and oxygen atoms in total. The van der Waals surface area contributed by atoms with Gasteiger partial charge in [0.1, 0.15) is 12.4 Å². The third kappa shape index (κ3) is 2.65. The van der Waals surface area contributed by atoms with Gasteiger partial charge in [-0.2, -0.15) is 0 Å². The van der Waals surface area contributed by atoms with E-state index in [1.54, 1.807) is 19.1 Å². The van der Waals surface area contributed by atoms with Crippen LogP contribution in [0.5, 0.6) is 0 Å². The maximum atomic E-state index is 12.8. The van der Waals surface area contributed by atoms with Crippen molar-refractivity contribution in [2.75, 3.05) is 6.61 Å². The van der Waals surface area contributed by atoms with Gasteiger partial charge in [0.2, 0.25) is 0 Å². The Bertz CT molecular complexity index is 350. The summed E-state index contributed by atoms with van der Waals surface area (Å²) in [6, 6.07) is 5.95. The lowest BCUT2D eigenvalue weighted by Crippen LogP contribution is -1.98. The number of hydrogen-bond donors (Lipinski definition) is 0. The Morgan fingerprint density at radius 1 is 1.57 bits per heavy atom. The number of amidine groups is 1. The Morgan fingerprint density at radius 2 is 2.36 bits per heavy atom. The van der Waals surface area contributed by atoms with Crippen LogP contribution in [0.25, 0.3) is 0 Å². The molecule has 0 spiro atoms. The number of oxime groups is 1. The van der Waals surface area contributed by atoms with Gasteiger partial charge in [-0.15, -0.1) is 0 Å². The Hall–Kier alpha value is -1.71. The van der Waals surface area contributed by atoms with E-state index < -0.39 is 0 Å². The van der Waals surface area contributed by atoms with Gasteiger partial charge in [0.25, 0.3) is 0 Å². The fraction of sp³-hybridized carbons (Fsp3) is 0.200. The van der Waals surface area contributed by atoms with Gasteiger partial charge in [0.15, 0.2) is 5.84 Å². The number of aliphatic imine (C=N–C) groups is 1. The molecule has 0 fully saturated rings. The van der Waals surface area contributed by atoms with Crippen LogP contribution < -0.4 is 0 Å². The van der Waals surface area contributed by atoms with E-state index in [4.69, 9.17) is 4.84 Å². The van der Waals surface area contributed by atoms with Crippen molar-refractivity contribution in [2.24, 2.45) is 10.1 Å². The van der Waals surface area contributed by atoms with Gasteiger partial charge in [-0.05, 0) is 25.8 Å². The average Bonchev–Trinajstić information content (AvgIpc) is 2.19. The summed E-state index contributed by atoms with van der Waals surface area (Å²) in [5.74, 6) is -0.0540. The number of halogens is 1. The molecule has 0 aliphatic rings. The van der Waals surface area contributed by atoms with E-state index in [1.165, 1.54) is 12.1 Å². The average molecular weight is 194 g/mol. The minimum absolute atomic E-state index is 0.284. The summed E-state index contributed by atoms with van der Waals surface area (Å²) in [7, 11) is 0. The number of benzene rings is 1. The van der Waals surface area contributed by atoms with Gasteiger partial charge in [-0.1, -0.05) is 17.3 Å². The van der Waals surface area contributed by atoms with Crippen LogP contribution in [0, 0.1) is 5.82 Å². The Balaban J connectivity index is 2.94. The highest BCUT2D eigenvalue weighted by molar-refractivity contribution is 6.00. The fourth-order valence-corrected chi connectivity index (χ4v) is 0.926. The van der Waals surface area contributed by atoms with E-state index in [2.05, 4.69) is 16.9 Å². The zero-order valence-corrected chi connectivity index (χ0v) is 7.90. The molecule has 74 valence electrons. The summed E-state index contributed by atoms with van der Waals surface area (Å²) in [6.45, 7) is 5.58. The van der Waals surface area contributed by atoms with E-state index >= 15 is 0 Å². The van der Waals surface area contributed by atoms with Crippen molar-refractivity contribution in [3.05, 3.63) is 35.6 Å². The quantitative estimate of drug-likeness (QED) is 0.412. The van der Waals surface area contributed by atoms with Gasteiger partial charge in [0.05, 0.1) is 0 Å². The van der Waals surface area contributed by atoms with Crippen molar-refractivity contribution in [1.82, 2.24) is 0 Å². The predicted molar refractivity (Wildman–Crippen MR) is 54.1 cm³/mol. The summed E-state index contributed by atoms with van der Waals surface area (Å²) in [5, 5.41) is 3.69. The summed E-state index contributed by atoms with van der Waals surface area (Å²) >= 11 is 0. The lowest BCUT2D eigenvalue weighted by Gasteiger charge is -2.00. The van der Waals surface area contributed by atoms with Crippen LogP contribution in [0.2, 0.25) is 0 Å². The second-order valence-corrected chi connectivity index (χ2v) is 2.50. The van der Waals surface area contributed by atoms with Gasteiger partial charge in [-0.3, -0.25) is 0 Å². The monoisotopic (exact) mass is 194 g/mol. The molecule has 14 heavy (non-hydrogen) atoms. The van der Waals surface area contributed by atoms with Crippen molar-refractivity contribution < 1.29 is 9.23 Å². The molecular weight excluding hydrogens is 183 g/mol. The maximum absolute atomic E-state index is 12.8. The van der Waals surface area contributed by atoms with Crippen LogP contribution in [0.15, 0.2) is 34.4 Å². The first kappa shape index (κ1) is 10.4. The molecule has 0 atom stereocenters. The highest BCUT2D eigenvalue weighted by Crippen LogP contribution is 2.06. The highest BCUT2D eigenvalue weighted by atomic mass is 19.1. The van der Waals surface area contributed by atoms with Crippen molar-refractivity contribution >= 4 is 12.6 Å². The predicted octanol–water partition coefficient (Wildman–Crippen LogP) is 2.22. The molecule has 0 aliphatic heterocycles. The standard InChI is InChI=1S/C10H11FN2O/c1-3-14-13-10(12-2)8-5-4-6-9(11)7-8/h4-7H,2-3H2,1H3/b13-10-. The molecule has 0 bridgehead atoms. The summed E-state index contributed by atoms with van der Waals surface area (Å²) in [5.41, 5.74) is 0.549. The van der Waals surface area contributed by atoms with Crippen molar-refractivity contribution in [1.29, 1.82) is 0 Å². The minimum atomic E-state index is -0.338. The Labute approximate surface area is 81.9 Å². The van der Waals surface area contributed by atoms with E-state index in [-0.39, 0.29) is 11.7 Å². The molecule has 0 aromatic heterocycles. The van der Waals surface area contributed by atoms with Crippen molar-refractivity contribution in [2.45, 2.75) is 6.92 Å². The number of rotatable bonds is 3. The SMILES string of the molecule is C=N/C(=N\OCC)c1cccc(F)c1. The van der Waals surface area contributed by atoms with Gasteiger partial charge in [0, 0.05) is 5.56 Å². The molecule has 4 heteroatoms. The fourth-order valence-electron chi connectivity index (χ4n) is 0.926. The number of hydrogen-bond acceptors (Lipinski definition) is 2. The molecule has 0 amide bonds. The topological polar surface area (TPSA) is 34.0 Å². The molecule has 0 saturated heterocycles. The first-order valence-electron chi connectivity index (χ1n) is 4.20. The molecule has 1 rings (SSSR count). The minimum Gasteiger partial charge on any atom is -0.394 e. The van der Waals surface area contributed by atoms with Crippen LogP contribution in [0.1, 0.15) is 12.5 Å². The van der Waals surface area contributed by atoms with Crippen LogP contribution in [-0.4, -0.2) is 19.2 Å². The molecule has 1 aromatic carbocycles. The second-order valence-electron chi connectivity index (χ2n) is 2.50. The normalized spacial score (nSPS) is 11.1. The van der Waals surface area contributed by atoms with Gasteiger partial charge < -0.3 is 4.84 Å². The Kier molecular flexibility index (Phi) is 3.79. The first-order chi connectivity index (χ1) is 6.77. The molecule has 0 N–H and O–H groups in total. The zero-order valence-electron chi connectivity index (χ0n) is 7.90. The number of nitrogens with zero attached hydrogens (tertiary/aromatic N) is 2. The molecular formula is C10H11FN2O. The molecule has 0 radical (unpaired) electrons. The van der Waals surface area contributed by atoms with E-state index in [1.807, 2.05) is 0 Å². The zero-order chi connectivity index (χ0) is 10.4. The Morgan fingerprint density at radius 3 is 2.93 bits per heavy atom. The van der Waals surface area contributed by atoms with Crippen molar-refractivity contribution in [3.63, 3.8) is 0 Å². The highest BCUT2D eigenvalue weighted by Gasteiger charge is 2.02. The summed E-state index contributed by atoms with van der Waals surface area (Å²) in [4.78, 5) is 8.46. The van der Waals surface area contributed by atoms with Crippen molar-refractivity contribution in [3.8, 4) is 0 Å². The van der Waals surface area contributed by atoms with E-state index in [0.717, 1.165) is 0 Å². The van der Waals surface area contributed by atoms with Crippen LogP contribution in [-0.2, 0) is 4.84 Å². The van der Waals surface area contributed by atoms with Crippen LogP contribution in [0.3, 0.4) is 0 Å². The van der Waals surface area contributed by atoms with Crippen LogP contribution in [0.4, 0.5) is 4.39 Å². The molecule has 0 aliphatic carbocycles. The molecule has 0 unspecified atom stereocenters. The van der Waals surface area contributed by atoms with Gasteiger partial charge >= 0.3 is 0 Å². The summed E-state index contributed by atoms with van der Waals surface area (Å²) < 4.78 is 12.8. The smallest absolute Gasteiger partial charge is 0.198 e. The third-order valence-corrected chi connectivity index (χ3v) is 1.51. The largest absolute Gasteiger partial charge is 0.394 e.